The van der Waals surface area contributed by atoms with Gasteiger partial charge in [0.25, 0.3) is 5.69 Å². The summed E-state index contributed by atoms with van der Waals surface area (Å²) < 4.78 is 0. The second kappa shape index (κ2) is 5.44. The molecular weight excluding hydrogens is 266 g/mol. The second-order valence-corrected chi connectivity index (χ2v) is 5.32. The lowest BCUT2D eigenvalue weighted by molar-refractivity contribution is -0.384. The quantitative estimate of drug-likeness (QED) is 0.511. The van der Waals surface area contributed by atoms with Crippen LogP contribution in [0.5, 0.6) is 0 Å². The number of nitro groups is 1. The molecule has 1 unspecified atom stereocenters. The summed E-state index contributed by atoms with van der Waals surface area (Å²) in [5.41, 5.74) is 9.76. The van der Waals surface area contributed by atoms with Crippen LogP contribution in [-0.2, 0) is 6.42 Å². The van der Waals surface area contributed by atoms with Gasteiger partial charge in [0.05, 0.1) is 22.3 Å². The van der Waals surface area contributed by atoms with Gasteiger partial charge in [-0.3, -0.25) is 10.1 Å². The molecule has 5 heteroatoms. The van der Waals surface area contributed by atoms with E-state index in [0.717, 1.165) is 24.9 Å². The molecule has 0 radical (unpaired) electrons. The van der Waals surface area contributed by atoms with E-state index in [-0.39, 0.29) is 11.7 Å². The van der Waals surface area contributed by atoms with Crippen LogP contribution in [0.1, 0.15) is 30.0 Å². The Morgan fingerprint density at radius 2 is 2.05 bits per heavy atom. The van der Waals surface area contributed by atoms with Crippen LogP contribution in [-0.4, -0.2) is 4.92 Å². The van der Waals surface area contributed by atoms with Gasteiger partial charge in [0.15, 0.2) is 0 Å². The first-order valence-electron chi connectivity index (χ1n) is 7.03. The Bertz CT molecular complexity index is 685. The number of rotatable bonds is 3. The number of non-ortho nitro benzene ring substituents is 1. The molecule has 0 aromatic heterocycles. The van der Waals surface area contributed by atoms with Crippen LogP contribution in [0.3, 0.4) is 0 Å². The van der Waals surface area contributed by atoms with Gasteiger partial charge >= 0.3 is 0 Å². The summed E-state index contributed by atoms with van der Waals surface area (Å²) in [6.45, 7) is 0. The minimum Gasteiger partial charge on any atom is -0.397 e. The average molecular weight is 283 g/mol. The van der Waals surface area contributed by atoms with Gasteiger partial charge in [0.1, 0.15) is 0 Å². The van der Waals surface area contributed by atoms with Crippen LogP contribution >= 0.6 is 0 Å². The first-order chi connectivity index (χ1) is 10.1. The van der Waals surface area contributed by atoms with Crippen LogP contribution < -0.4 is 11.1 Å². The van der Waals surface area contributed by atoms with Crippen molar-refractivity contribution in [3.05, 3.63) is 63.7 Å². The zero-order chi connectivity index (χ0) is 14.8. The first-order valence-corrected chi connectivity index (χ1v) is 7.03. The van der Waals surface area contributed by atoms with E-state index in [0.29, 0.717) is 5.69 Å². The van der Waals surface area contributed by atoms with Gasteiger partial charge in [0.2, 0.25) is 0 Å². The molecular formula is C16H17N3O2. The molecule has 3 rings (SSSR count). The fraction of sp³-hybridized carbons (Fsp3) is 0.250. The zero-order valence-electron chi connectivity index (χ0n) is 11.6. The van der Waals surface area contributed by atoms with Crippen LogP contribution in [0.2, 0.25) is 0 Å². The Balaban J connectivity index is 1.86. The Morgan fingerprint density at radius 1 is 1.24 bits per heavy atom. The number of nitrogens with one attached hydrogen (secondary N) is 1. The summed E-state index contributed by atoms with van der Waals surface area (Å²) in [7, 11) is 0. The van der Waals surface area contributed by atoms with Gasteiger partial charge in [-0.1, -0.05) is 24.3 Å². The van der Waals surface area contributed by atoms with Crippen molar-refractivity contribution >= 4 is 17.1 Å². The van der Waals surface area contributed by atoms with E-state index in [1.165, 1.54) is 23.3 Å². The third-order valence-corrected chi connectivity index (χ3v) is 3.95. The summed E-state index contributed by atoms with van der Waals surface area (Å²) in [4.78, 5) is 10.3. The lowest BCUT2D eigenvalue weighted by Crippen LogP contribution is -2.17. The number of nitrogens with two attached hydrogens (primary N) is 1. The number of aryl methyl sites for hydroxylation is 1. The summed E-state index contributed by atoms with van der Waals surface area (Å²) in [5, 5.41) is 14.2. The highest BCUT2D eigenvalue weighted by molar-refractivity contribution is 5.70. The Kier molecular flexibility index (Phi) is 3.48. The fourth-order valence-corrected chi connectivity index (χ4v) is 2.89. The number of nitrogen functional groups attached to an aromatic ring is 1. The molecule has 3 N–H and O–H groups in total. The van der Waals surface area contributed by atoms with Gasteiger partial charge in [0, 0.05) is 12.1 Å². The number of benzene rings is 2. The highest BCUT2D eigenvalue weighted by Crippen LogP contribution is 2.34. The normalized spacial score (nSPS) is 17.0. The van der Waals surface area contributed by atoms with Gasteiger partial charge in [-0.2, -0.15) is 0 Å². The molecule has 2 aromatic rings. The Morgan fingerprint density at radius 3 is 2.81 bits per heavy atom. The molecule has 0 saturated heterocycles. The smallest absolute Gasteiger partial charge is 0.271 e. The molecule has 1 aliphatic carbocycles. The van der Waals surface area contributed by atoms with Crippen molar-refractivity contribution in [2.45, 2.75) is 25.3 Å². The van der Waals surface area contributed by atoms with E-state index in [1.807, 2.05) is 6.07 Å². The fourth-order valence-electron chi connectivity index (χ4n) is 2.89. The van der Waals surface area contributed by atoms with Gasteiger partial charge in [-0.05, 0) is 36.5 Å². The maximum Gasteiger partial charge on any atom is 0.271 e. The van der Waals surface area contributed by atoms with Crippen molar-refractivity contribution < 1.29 is 4.92 Å². The van der Waals surface area contributed by atoms with E-state index in [4.69, 9.17) is 5.73 Å². The Hall–Kier alpha value is -2.56. The summed E-state index contributed by atoms with van der Waals surface area (Å²) in [6.07, 6.45) is 3.26. The highest BCUT2D eigenvalue weighted by Gasteiger charge is 2.20. The third-order valence-electron chi connectivity index (χ3n) is 3.95. The largest absolute Gasteiger partial charge is 0.397 e. The maximum atomic E-state index is 10.7. The van der Waals surface area contributed by atoms with Crippen LogP contribution in [0.4, 0.5) is 17.1 Å². The van der Waals surface area contributed by atoms with E-state index < -0.39 is 4.92 Å². The van der Waals surface area contributed by atoms with Crippen LogP contribution in [0, 0.1) is 10.1 Å². The molecule has 0 aliphatic heterocycles. The van der Waals surface area contributed by atoms with Crippen molar-refractivity contribution in [2.75, 3.05) is 11.1 Å². The summed E-state index contributed by atoms with van der Waals surface area (Å²) in [5.74, 6) is 0. The standard InChI is InChI=1S/C16H17N3O2/c17-14-10-12(19(20)21)8-9-16(14)18-15-7-3-5-11-4-1-2-6-13(11)15/h1-2,4,6,8-10,15,18H,3,5,7,17H2. The molecule has 0 heterocycles. The first kappa shape index (κ1) is 13.4. The number of nitro benzene ring substituents is 1. The predicted octanol–water partition coefficient (Wildman–Crippen LogP) is 3.67. The topological polar surface area (TPSA) is 81.2 Å². The highest BCUT2D eigenvalue weighted by atomic mass is 16.6. The molecule has 0 bridgehead atoms. The van der Waals surface area contributed by atoms with E-state index in [2.05, 4.69) is 23.5 Å². The maximum absolute atomic E-state index is 10.7. The predicted molar refractivity (Wildman–Crippen MR) is 83.3 cm³/mol. The number of fused-ring (bicyclic) bond motifs is 1. The summed E-state index contributed by atoms with van der Waals surface area (Å²) >= 11 is 0. The van der Waals surface area contributed by atoms with Gasteiger partial charge < -0.3 is 11.1 Å². The monoisotopic (exact) mass is 283 g/mol. The zero-order valence-corrected chi connectivity index (χ0v) is 11.6. The van der Waals surface area contributed by atoms with Crippen LogP contribution in [0.15, 0.2) is 42.5 Å². The minimum absolute atomic E-state index is 0.0158. The van der Waals surface area contributed by atoms with Gasteiger partial charge in [-0.15, -0.1) is 0 Å². The number of anilines is 2. The Labute approximate surface area is 122 Å². The molecule has 0 fully saturated rings. The van der Waals surface area contributed by atoms with Crippen molar-refractivity contribution in [2.24, 2.45) is 0 Å². The van der Waals surface area contributed by atoms with E-state index in [9.17, 15) is 10.1 Å². The molecule has 5 nitrogen and oxygen atoms in total. The van der Waals surface area contributed by atoms with E-state index in [1.54, 1.807) is 6.07 Å². The number of hydrogen-bond donors (Lipinski definition) is 2. The SMILES string of the molecule is Nc1cc([N+](=O)[O-])ccc1NC1CCCc2ccccc21. The molecule has 108 valence electrons. The number of hydrogen-bond acceptors (Lipinski definition) is 4. The molecule has 2 aromatic carbocycles. The molecule has 21 heavy (non-hydrogen) atoms. The average Bonchev–Trinajstić information content (AvgIpc) is 2.49. The van der Waals surface area contributed by atoms with Gasteiger partial charge in [-0.25, -0.2) is 0 Å². The summed E-state index contributed by atoms with van der Waals surface area (Å²) in [6, 6.07) is 13.2. The van der Waals surface area contributed by atoms with Crippen molar-refractivity contribution in [3.8, 4) is 0 Å². The molecule has 0 spiro atoms. The lowest BCUT2D eigenvalue weighted by Gasteiger charge is -2.27. The third kappa shape index (κ3) is 2.67. The van der Waals surface area contributed by atoms with E-state index >= 15 is 0 Å². The minimum atomic E-state index is -0.434. The molecule has 1 aliphatic rings. The number of nitrogens with zero attached hydrogens (tertiary/aromatic N) is 1. The van der Waals surface area contributed by atoms with Crippen molar-refractivity contribution in [1.29, 1.82) is 0 Å². The lowest BCUT2D eigenvalue weighted by atomic mass is 9.87. The van der Waals surface area contributed by atoms with Crippen molar-refractivity contribution in [3.63, 3.8) is 0 Å². The van der Waals surface area contributed by atoms with Crippen molar-refractivity contribution in [1.82, 2.24) is 0 Å². The van der Waals surface area contributed by atoms with Crippen LogP contribution in [0.25, 0.3) is 0 Å². The molecule has 0 saturated carbocycles. The molecule has 1 atom stereocenters. The molecule has 0 amide bonds. The second-order valence-electron chi connectivity index (χ2n) is 5.32.